The van der Waals surface area contributed by atoms with Gasteiger partial charge >= 0.3 is 0 Å². The summed E-state index contributed by atoms with van der Waals surface area (Å²) >= 11 is 0. The maximum absolute atomic E-state index is 14.8. The summed E-state index contributed by atoms with van der Waals surface area (Å²) < 4.78 is 20.3. The standard InChI is InChI=1S/C25H30FN3O3/c1-4-25(5-2,15-16-9-10-27-23(16)30)18-7-8-20(28-24(18)31)17-13-19(26)22-21(14-17)29(6-3)11-12-32-22/h7-8,13-15H,4-6,9-12H2,1-3H3,(H,27,30)(H,28,31)/b16-15+. The van der Waals surface area contributed by atoms with Crippen molar-refractivity contribution in [3.63, 3.8) is 0 Å². The monoisotopic (exact) mass is 439 g/mol. The van der Waals surface area contributed by atoms with Gasteiger partial charge in [-0.05, 0) is 44.4 Å². The van der Waals surface area contributed by atoms with Crippen molar-refractivity contribution in [1.29, 1.82) is 0 Å². The van der Waals surface area contributed by atoms with Gasteiger partial charge in [0.2, 0.25) is 5.91 Å². The number of H-pyrrole nitrogens is 1. The molecule has 2 N–H and O–H groups in total. The van der Waals surface area contributed by atoms with Crippen molar-refractivity contribution in [1.82, 2.24) is 10.3 Å². The highest BCUT2D eigenvalue weighted by Crippen LogP contribution is 2.38. The minimum absolute atomic E-state index is 0.0587. The first kappa shape index (κ1) is 22.1. The van der Waals surface area contributed by atoms with Crippen molar-refractivity contribution >= 4 is 11.6 Å². The van der Waals surface area contributed by atoms with Crippen molar-refractivity contribution in [2.45, 2.75) is 45.4 Å². The quantitative estimate of drug-likeness (QED) is 0.670. The first-order valence-corrected chi connectivity index (χ1v) is 11.4. The zero-order valence-corrected chi connectivity index (χ0v) is 18.9. The van der Waals surface area contributed by atoms with E-state index in [0.29, 0.717) is 61.5 Å². The molecule has 32 heavy (non-hydrogen) atoms. The smallest absolute Gasteiger partial charge is 0.252 e. The molecule has 2 aliphatic rings. The van der Waals surface area contributed by atoms with E-state index in [0.717, 1.165) is 12.1 Å². The highest BCUT2D eigenvalue weighted by atomic mass is 19.1. The third-order valence-corrected chi connectivity index (χ3v) is 6.79. The van der Waals surface area contributed by atoms with Crippen LogP contribution in [-0.2, 0) is 10.2 Å². The SMILES string of the molecule is CCN1CCOc2c(F)cc(-c3ccc(C(/C=C4\CCNC4=O)(CC)CC)c(=O)[nH]3)cc21. The minimum atomic E-state index is -0.531. The van der Waals surface area contributed by atoms with Crippen LogP contribution in [0.15, 0.2) is 40.7 Å². The van der Waals surface area contributed by atoms with Gasteiger partial charge in [0.25, 0.3) is 5.56 Å². The molecule has 0 unspecified atom stereocenters. The van der Waals surface area contributed by atoms with Crippen LogP contribution < -0.4 is 20.5 Å². The number of pyridine rings is 1. The maximum atomic E-state index is 14.8. The van der Waals surface area contributed by atoms with Crippen LogP contribution in [-0.4, -0.2) is 37.1 Å². The number of ether oxygens (including phenoxy) is 1. The van der Waals surface area contributed by atoms with Gasteiger partial charge in [0.1, 0.15) is 6.61 Å². The fourth-order valence-corrected chi connectivity index (χ4v) is 4.77. The Bertz CT molecular complexity index is 1120. The highest BCUT2D eigenvalue weighted by molar-refractivity contribution is 5.95. The molecular weight excluding hydrogens is 409 g/mol. The van der Waals surface area contributed by atoms with Crippen LogP contribution in [0.4, 0.5) is 10.1 Å². The minimum Gasteiger partial charge on any atom is -0.486 e. The van der Waals surface area contributed by atoms with Gasteiger partial charge in [-0.15, -0.1) is 0 Å². The van der Waals surface area contributed by atoms with E-state index in [1.807, 2.05) is 45.0 Å². The number of rotatable bonds is 6. The van der Waals surface area contributed by atoms with E-state index >= 15 is 0 Å². The molecule has 1 aromatic carbocycles. The summed E-state index contributed by atoms with van der Waals surface area (Å²) in [4.78, 5) is 30.4. The van der Waals surface area contributed by atoms with Crippen LogP contribution in [0.1, 0.15) is 45.6 Å². The lowest BCUT2D eigenvalue weighted by molar-refractivity contribution is -0.116. The molecule has 0 spiro atoms. The molecule has 0 radical (unpaired) electrons. The summed E-state index contributed by atoms with van der Waals surface area (Å²) in [5.41, 5.74) is 2.45. The van der Waals surface area contributed by atoms with E-state index in [1.54, 1.807) is 0 Å². The van der Waals surface area contributed by atoms with Crippen molar-refractivity contribution in [2.75, 3.05) is 31.1 Å². The summed E-state index contributed by atoms with van der Waals surface area (Å²) in [6.07, 6.45) is 4.02. The summed E-state index contributed by atoms with van der Waals surface area (Å²) in [5, 5.41) is 2.83. The summed E-state index contributed by atoms with van der Waals surface area (Å²) in [5.74, 6) is -0.233. The van der Waals surface area contributed by atoms with E-state index < -0.39 is 11.2 Å². The maximum Gasteiger partial charge on any atom is 0.252 e. The molecule has 1 fully saturated rings. The Labute approximate surface area is 187 Å². The fraction of sp³-hybridized carbons (Fsp3) is 0.440. The van der Waals surface area contributed by atoms with Gasteiger partial charge < -0.3 is 19.9 Å². The molecule has 0 atom stereocenters. The number of aromatic nitrogens is 1. The Morgan fingerprint density at radius 1 is 1.19 bits per heavy atom. The van der Waals surface area contributed by atoms with Crippen molar-refractivity contribution in [3.8, 4) is 17.0 Å². The molecular formula is C25H30FN3O3. The zero-order chi connectivity index (χ0) is 22.9. The molecule has 0 bridgehead atoms. The number of halogens is 1. The lowest BCUT2D eigenvalue weighted by atomic mass is 9.74. The Hall–Kier alpha value is -3.09. The van der Waals surface area contributed by atoms with Crippen LogP contribution in [0.3, 0.4) is 0 Å². The van der Waals surface area contributed by atoms with Gasteiger partial charge in [-0.25, -0.2) is 4.39 Å². The number of carbonyl (C=O) groups is 1. The second-order valence-corrected chi connectivity index (χ2v) is 8.39. The van der Waals surface area contributed by atoms with Gasteiger partial charge in [-0.2, -0.15) is 0 Å². The third kappa shape index (κ3) is 3.80. The second-order valence-electron chi connectivity index (χ2n) is 8.39. The summed E-state index contributed by atoms with van der Waals surface area (Å²) in [6, 6.07) is 6.91. The van der Waals surface area contributed by atoms with E-state index in [-0.39, 0.29) is 17.2 Å². The molecule has 3 heterocycles. The number of nitrogens with zero attached hydrogens (tertiary/aromatic N) is 1. The van der Waals surface area contributed by atoms with Crippen LogP contribution >= 0.6 is 0 Å². The fourth-order valence-electron chi connectivity index (χ4n) is 4.77. The van der Waals surface area contributed by atoms with Crippen molar-refractivity contribution < 1.29 is 13.9 Å². The van der Waals surface area contributed by atoms with Crippen molar-refractivity contribution in [2.24, 2.45) is 0 Å². The Balaban J connectivity index is 1.76. The molecule has 1 aromatic heterocycles. The van der Waals surface area contributed by atoms with Crippen LogP contribution in [0.2, 0.25) is 0 Å². The van der Waals surface area contributed by atoms with Crippen molar-refractivity contribution in [3.05, 3.63) is 57.6 Å². The number of amides is 1. The first-order valence-electron chi connectivity index (χ1n) is 11.4. The Morgan fingerprint density at radius 2 is 1.97 bits per heavy atom. The van der Waals surface area contributed by atoms with Crippen LogP contribution in [0.5, 0.6) is 5.75 Å². The van der Waals surface area contributed by atoms with Gasteiger partial charge in [0, 0.05) is 40.9 Å². The van der Waals surface area contributed by atoms with Crippen LogP contribution in [0, 0.1) is 5.82 Å². The largest absolute Gasteiger partial charge is 0.486 e. The van der Waals surface area contributed by atoms with Gasteiger partial charge in [-0.3, -0.25) is 9.59 Å². The second kappa shape index (κ2) is 8.81. The number of aromatic amines is 1. The lowest BCUT2D eigenvalue weighted by Gasteiger charge is -2.31. The average molecular weight is 440 g/mol. The molecule has 1 amide bonds. The number of likely N-dealkylation sites (N-methyl/N-ethyl adjacent to an activating group) is 1. The van der Waals surface area contributed by atoms with E-state index in [4.69, 9.17) is 4.74 Å². The van der Waals surface area contributed by atoms with E-state index in [9.17, 15) is 14.0 Å². The number of allylic oxidation sites excluding steroid dienone is 1. The van der Waals surface area contributed by atoms with E-state index in [2.05, 4.69) is 15.2 Å². The molecule has 2 aliphatic heterocycles. The highest BCUT2D eigenvalue weighted by Gasteiger charge is 2.32. The van der Waals surface area contributed by atoms with Gasteiger partial charge in [0.15, 0.2) is 11.6 Å². The summed E-state index contributed by atoms with van der Waals surface area (Å²) in [6.45, 7) is 8.59. The van der Waals surface area contributed by atoms with Gasteiger partial charge in [0.05, 0.1) is 12.2 Å². The number of carbonyl (C=O) groups excluding carboxylic acids is 1. The Morgan fingerprint density at radius 3 is 2.59 bits per heavy atom. The molecule has 6 nitrogen and oxygen atoms in total. The predicted molar refractivity (Wildman–Crippen MR) is 124 cm³/mol. The number of fused-ring (bicyclic) bond motifs is 1. The number of benzene rings is 1. The topological polar surface area (TPSA) is 74.4 Å². The average Bonchev–Trinajstić information content (AvgIpc) is 3.21. The summed E-state index contributed by atoms with van der Waals surface area (Å²) in [7, 11) is 0. The first-order chi connectivity index (χ1) is 15.4. The van der Waals surface area contributed by atoms with E-state index in [1.165, 1.54) is 6.07 Å². The molecule has 7 heteroatoms. The molecule has 170 valence electrons. The number of anilines is 1. The normalized spacial score (nSPS) is 17.3. The van der Waals surface area contributed by atoms with Crippen LogP contribution in [0.25, 0.3) is 11.3 Å². The number of hydrogen-bond donors (Lipinski definition) is 2. The number of nitrogens with one attached hydrogen (secondary N) is 2. The molecule has 4 rings (SSSR count). The molecule has 1 saturated heterocycles. The lowest BCUT2D eigenvalue weighted by Crippen LogP contribution is -2.33. The number of hydrogen-bond acceptors (Lipinski definition) is 4. The predicted octanol–water partition coefficient (Wildman–Crippen LogP) is 3.90. The molecule has 0 aliphatic carbocycles. The molecule has 0 saturated carbocycles. The zero-order valence-electron chi connectivity index (χ0n) is 18.9. The Kier molecular flexibility index (Phi) is 6.09. The molecule has 2 aromatic rings. The van der Waals surface area contributed by atoms with Gasteiger partial charge in [-0.1, -0.05) is 26.0 Å². The third-order valence-electron chi connectivity index (χ3n) is 6.79.